The summed E-state index contributed by atoms with van der Waals surface area (Å²) in [5, 5.41) is 12.9. The van der Waals surface area contributed by atoms with E-state index in [0.717, 1.165) is 23.2 Å². The molecule has 0 aliphatic carbocycles. The largest absolute Gasteiger partial charge is 0.394 e. The molecule has 1 aliphatic rings. The summed E-state index contributed by atoms with van der Waals surface area (Å²) >= 11 is 3.67. The Hall–Kier alpha value is -0.620. The number of nitrogens with one attached hydrogen (secondary N) is 1. The number of anilines is 1. The number of rotatable bonds is 5. The fourth-order valence-corrected chi connectivity index (χ4v) is 3.20. The minimum atomic E-state index is 0.0390. The molecule has 20 heavy (non-hydrogen) atoms. The fourth-order valence-electron chi connectivity index (χ4n) is 2.57. The van der Waals surface area contributed by atoms with Gasteiger partial charge in [0.05, 0.1) is 31.5 Å². The van der Waals surface area contributed by atoms with Gasteiger partial charge in [0.1, 0.15) is 0 Å². The minimum Gasteiger partial charge on any atom is -0.394 e. The van der Waals surface area contributed by atoms with E-state index < -0.39 is 0 Å². The molecule has 0 spiro atoms. The number of nitrogens with zero attached hydrogens (tertiary/aromatic N) is 1. The van der Waals surface area contributed by atoms with Crippen molar-refractivity contribution in [3.8, 4) is 0 Å². The van der Waals surface area contributed by atoms with Crippen LogP contribution in [0.1, 0.15) is 25.5 Å². The van der Waals surface area contributed by atoms with Gasteiger partial charge in [-0.15, -0.1) is 0 Å². The summed E-state index contributed by atoms with van der Waals surface area (Å²) in [5.74, 6) is 0. The van der Waals surface area contributed by atoms with Gasteiger partial charge >= 0.3 is 0 Å². The van der Waals surface area contributed by atoms with Gasteiger partial charge in [-0.3, -0.25) is 0 Å². The van der Waals surface area contributed by atoms with Crippen LogP contribution in [0.2, 0.25) is 0 Å². The molecule has 0 bridgehead atoms. The fraction of sp³-hybridized carbons (Fsp3) is 0.600. The van der Waals surface area contributed by atoms with Crippen LogP contribution in [0.15, 0.2) is 22.7 Å². The maximum Gasteiger partial charge on any atom is 0.0755 e. The van der Waals surface area contributed by atoms with E-state index in [0.29, 0.717) is 19.3 Å². The molecule has 2 unspecified atom stereocenters. The van der Waals surface area contributed by atoms with Crippen molar-refractivity contribution in [2.75, 3.05) is 37.8 Å². The molecule has 1 fully saturated rings. The van der Waals surface area contributed by atoms with Crippen molar-refractivity contribution in [1.82, 2.24) is 5.32 Å². The van der Waals surface area contributed by atoms with Crippen molar-refractivity contribution in [2.24, 2.45) is 0 Å². The van der Waals surface area contributed by atoms with Crippen molar-refractivity contribution >= 4 is 21.6 Å². The maximum atomic E-state index is 9.48. The standard InChI is InChI=1S/C15H23BrN2O2/c1-3-17-11(2)12-4-5-15(14(16)8-12)18-6-7-20-10-13(18)9-19/h4-5,8,11,13,17,19H,3,6-7,9-10H2,1-2H3. The van der Waals surface area contributed by atoms with Crippen LogP contribution in [0.4, 0.5) is 5.69 Å². The van der Waals surface area contributed by atoms with Crippen LogP contribution in [0.5, 0.6) is 0 Å². The molecule has 2 atom stereocenters. The quantitative estimate of drug-likeness (QED) is 0.861. The molecule has 0 saturated carbocycles. The summed E-state index contributed by atoms with van der Waals surface area (Å²) in [7, 11) is 0. The number of morpholine rings is 1. The van der Waals surface area contributed by atoms with Crippen LogP contribution in [0.25, 0.3) is 0 Å². The van der Waals surface area contributed by atoms with Crippen molar-refractivity contribution in [1.29, 1.82) is 0 Å². The zero-order valence-corrected chi connectivity index (χ0v) is 13.7. The highest BCUT2D eigenvalue weighted by atomic mass is 79.9. The Kier molecular flexibility index (Phi) is 5.84. The number of aliphatic hydroxyl groups excluding tert-OH is 1. The van der Waals surface area contributed by atoms with Crippen molar-refractivity contribution < 1.29 is 9.84 Å². The van der Waals surface area contributed by atoms with Crippen LogP contribution in [-0.2, 0) is 4.74 Å². The average molecular weight is 343 g/mol. The molecule has 0 amide bonds. The van der Waals surface area contributed by atoms with Crippen LogP contribution < -0.4 is 10.2 Å². The molecule has 0 aromatic heterocycles. The van der Waals surface area contributed by atoms with Crippen LogP contribution >= 0.6 is 15.9 Å². The highest BCUT2D eigenvalue weighted by Gasteiger charge is 2.24. The second kappa shape index (κ2) is 7.41. The summed E-state index contributed by atoms with van der Waals surface area (Å²) in [6.07, 6.45) is 0. The summed E-state index contributed by atoms with van der Waals surface area (Å²) in [4.78, 5) is 2.22. The van der Waals surface area contributed by atoms with Crippen LogP contribution in [0.3, 0.4) is 0 Å². The molecule has 1 aromatic carbocycles. The number of hydrogen-bond donors (Lipinski definition) is 2. The number of aliphatic hydroxyl groups is 1. The van der Waals surface area contributed by atoms with Gasteiger partial charge < -0.3 is 20.1 Å². The molecule has 2 rings (SSSR count). The molecule has 2 N–H and O–H groups in total. The molecule has 1 heterocycles. The predicted octanol–water partition coefficient (Wildman–Crippen LogP) is 2.32. The number of benzene rings is 1. The Balaban J connectivity index is 2.20. The number of ether oxygens (including phenoxy) is 1. The highest BCUT2D eigenvalue weighted by Crippen LogP contribution is 2.31. The zero-order chi connectivity index (χ0) is 14.5. The molecule has 4 nitrogen and oxygen atoms in total. The first-order chi connectivity index (χ1) is 9.67. The predicted molar refractivity (Wildman–Crippen MR) is 85.3 cm³/mol. The smallest absolute Gasteiger partial charge is 0.0755 e. The molecular formula is C15H23BrN2O2. The van der Waals surface area contributed by atoms with Gasteiger partial charge in [-0.1, -0.05) is 13.0 Å². The molecular weight excluding hydrogens is 320 g/mol. The third-order valence-electron chi connectivity index (χ3n) is 3.73. The average Bonchev–Trinajstić information content (AvgIpc) is 2.47. The lowest BCUT2D eigenvalue weighted by molar-refractivity contribution is 0.0726. The van der Waals surface area contributed by atoms with Crippen molar-refractivity contribution in [2.45, 2.75) is 25.9 Å². The lowest BCUT2D eigenvalue weighted by Gasteiger charge is -2.37. The van der Waals surface area contributed by atoms with E-state index in [2.05, 4.69) is 58.2 Å². The van der Waals surface area contributed by atoms with Gasteiger partial charge in [0, 0.05) is 17.1 Å². The van der Waals surface area contributed by atoms with Crippen LogP contribution in [0, 0.1) is 0 Å². The van der Waals surface area contributed by atoms with Crippen LogP contribution in [-0.4, -0.2) is 44.1 Å². The van der Waals surface area contributed by atoms with E-state index in [1.54, 1.807) is 0 Å². The lowest BCUT2D eigenvalue weighted by Crippen LogP contribution is -2.47. The van der Waals surface area contributed by atoms with E-state index in [1.807, 2.05) is 0 Å². The normalized spacial score (nSPS) is 21.0. The zero-order valence-electron chi connectivity index (χ0n) is 12.1. The maximum absolute atomic E-state index is 9.48. The summed E-state index contributed by atoms with van der Waals surface area (Å²) in [6.45, 7) is 7.44. The SMILES string of the molecule is CCNC(C)c1ccc(N2CCOCC2CO)c(Br)c1. The van der Waals surface area contributed by atoms with E-state index in [1.165, 1.54) is 5.56 Å². The molecule has 1 aliphatic heterocycles. The first-order valence-corrected chi connectivity index (χ1v) is 7.94. The molecule has 5 heteroatoms. The summed E-state index contributed by atoms with van der Waals surface area (Å²) in [5.41, 5.74) is 2.39. The summed E-state index contributed by atoms with van der Waals surface area (Å²) < 4.78 is 6.50. The first-order valence-electron chi connectivity index (χ1n) is 7.15. The molecule has 1 saturated heterocycles. The van der Waals surface area contributed by atoms with Gasteiger partial charge in [0.15, 0.2) is 0 Å². The van der Waals surface area contributed by atoms with Gasteiger partial charge in [0.25, 0.3) is 0 Å². The Morgan fingerprint density at radius 3 is 3.00 bits per heavy atom. The van der Waals surface area contributed by atoms with E-state index in [9.17, 15) is 5.11 Å². The second-order valence-electron chi connectivity index (χ2n) is 5.09. The minimum absolute atomic E-state index is 0.0390. The van der Waals surface area contributed by atoms with E-state index >= 15 is 0 Å². The molecule has 0 radical (unpaired) electrons. The Bertz CT molecular complexity index is 442. The van der Waals surface area contributed by atoms with Crippen molar-refractivity contribution in [3.05, 3.63) is 28.2 Å². The Labute approximate surface area is 129 Å². The van der Waals surface area contributed by atoms with Crippen molar-refractivity contribution in [3.63, 3.8) is 0 Å². The van der Waals surface area contributed by atoms with Gasteiger partial charge in [-0.25, -0.2) is 0 Å². The van der Waals surface area contributed by atoms with Gasteiger partial charge in [-0.05, 0) is 47.1 Å². The first kappa shape index (κ1) is 15.8. The summed E-state index contributed by atoms with van der Waals surface area (Å²) in [6, 6.07) is 6.81. The highest BCUT2D eigenvalue weighted by molar-refractivity contribution is 9.10. The monoisotopic (exact) mass is 342 g/mol. The lowest BCUT2D eigenvalue weighted by atomic mass is 10.1. The second-order valence-corrected chi connectivity index (χ2v) is 5.95. The molecule has 1 aromatic rings. The van der Waals surface area contributed by atoms with E-state index in [4.69, 9.17) is 4.74 Å². The van der Waals surface area contributed by atoms with Gasteiger partial charge in [-0.2, -0.15) is 0 Å². The Morgan fingerprint density at radius 1 is 1.55 bits per heavy atom. The Morgan fingerprint density at radius 2 is 2.35 bits per heavy atom. The topological polar surface area (TPSA) is 44.7 Å². The number of hydrogen-bond acceptors (Lipinski definition) is 4. The molecule has 112 valence electrons. The number of halogens is 1. The third kappa shape index (κ3) is 3.52. The van der Waals surface area contributed by atoms with E-state index in [-0.39, 0.29) is 12.6 Å². The van der Waals surface area contributed by atoms with Gasteiger partial charge in [0.2, 0.25) is 0 Å². The third-order valence-corrected chi connectivity index (χ3v) is 4.36.